The van der Waals surface area contributed by atoms with Crippen LogP contribution >= 0.6 is 0 Å². The molecule has 0 aliphatic carbocycles. The van der Waals surface area contributed by atoms with E-state index in [2.05, 4.69) is 17.5 Å². The zero-order valence-corrected chi connectivity index (χ0v) is 12.6. The molecule has 0 aliphatic rings. The predicted octanol–water partition coefficient (Wildman–Crippen LogP) is 3.72. The van der Waals surface area contributed by atoms with Gasteiger partial charge in [0.2, 0.25) is 0 Å². The fraction of sp³-hybridized carbons (Fsp3) is 0.222. The number of amides is 1. The Morgan fingerprint density at radius 2 is 1.77 bits per heavy atom. The molecule has 0 spiro atoms. The zero-order valence-electron chi connectivity index (χ0n) is 12.6. The van der Waals surface area contributed by atoms with Gasteiger partial charge in [-0.3, -0.25) is 4.79 Å². The van der Waals surface area contributed by atoms with E-state index >= 15 is 0 Å². The number of carbonyl (C=O) groups excluding carboxylic acids is 1. The van der Waals surface area contributed by atoms with Crippen LogP contribution in [-0.4, -0.2) is 16.7 Å². The van der Waals surface area contributed by atoms with Crippen molar-refractivity contribution in [1.29, 1.82) is 0 Å². The minimum absolute atomic E-state index is 0.0509. The number of hydrogen-bond donors (Lipinski definition) is 2. The van der Waals surface area contributed by atoms with E-state index in [1.807, 2.05) is 30.3 Å². The van der Waals surface area contributed by atoms with Crippen molar-refractivity contribution >= 4 is 11.6 Å². The molecule has 0 atom stereocenters. The van der Waals surface area contributed by atoms with Gasteiger partial charge in [0.05, 0.1) is 11.3 Å². The summed E-state index contributed by atoms with van der Waals surface area (Å²) in [4.78, 5) is 12.1. The van der Waals surface area contributed by atoms with Gasteiger partial charge in [-0.15, -0.1) is 0 Å². The molecule has 2 aromatic carbocycles. The maximum atomic E-state index is 12.1. The van der Waals surface area contributed by atoms with Crippen molar-refractivity contribution in [2.24, 2.45) is 5.10 Å². The van der Waals surface area contributed by atoms with Gasteiger partial charge in [-0.2, -0.15) is 5.10 Å². The summed E-state index contributed by atoms with van der Waals surface area (Å²) in [5.74, 6) is -0.465. The van der Waals surface area contributed by atoms with Gasteiger partial charge in [0.1, 0.15) is 5.75 Å². The molecule has 114 valence electrons. The van der Waals surface area contributed by atoms with Crippen LogP contribution in [0.25, 0.3) is 0 Å². The number of benzene rings is 2. The highest BCUT2D eigenvalue weighted by molar-refractivity contribution is 6.02. The van der Waals surface area contributed by atoms with Crippen molar-refractivity contribution in [3.63, 3.8) is 0 Å². The zero-order chi connectivity index (χ0) is 15.8. The molecule has 0 fully saturated rings. The first-order chi connectivity index (χ1) is 10.7. The Hall–Kier alpha value is -2.62. The van der Waals surface area contributed by atoms with E-state index < -0.39 is 5.91 Å². The molecule has 0 heterocycles. The lowest BCUT2D eigenvalue weighted by Gasteiger charge is -2.07. The Kier molecular flexibility index (Phi) is 5.72. The lowest BCUT2D eigenvalue weighted by molar-refractivity contribution is 0.0952. The van der Waals surface area contributed by atoms with E-state index in [-0.39, 0.29) is 11.3 Å². The number of nitrogens with one attached hydrogen (secondary N) is 1. The fourth-order valence-corrected chi connectivity index (χ4v) is 2.08. The number of phenols is 1. The number of unbranched alkanes of at least 4 members (excludes halogenated alkanes) is 1. The van der Waals surface area contributed by atoms with Gasteiger partial charge < -0.3 is 5.11 Å². The molecule has 0 aromatic heterocycles. The quantitative estimate of drug-likeness (QED) is 0.630. The number of phenolic OH excluding ortho intramolecular Hbond substituents is 1. The smallest absolute Gasteiger partial charge is 0.275 e. The van der Waals surface area contributed by atoms with E-state index in [1.165, 1.54) is 6.07 Å². The fourth-order valence-electron chi connectivity index (χ4n) is 2.08. The second-order valence-electron chi connectivity index (χ2n) is 4.99. The first-order valence-corrected chi connectivity index (χ1v) is 7.42. The number of hydrogen-bond acceptors (Lipinski definition) is 3. The van der Waals surface area contributed by atoms with Crippen molar-refractivity contribution < 1.29 is 9.90 Å². The standard InChI is InChI=1S/C18H20N2O2/c1-2-3-12-16(14-9-5-4-6-10-14)19-20-18(22)15-11-7-8-13-17(15)21/h4-11,13,21H,2-3,12H2,1H3,(H,20,22)/b19-16+. The largest absolute Gasteiger partial charge is 0.507 e. The van der Waals surface area contributed by atoms with Crippen LogP contribution in [0.2, 0.25) is 0 Å². The maximum absolute atomic E-state index is 12.1. The van der Waals surface area contributed by atoms with Gasteiger partial charge >= 0.3 is 0 Å². The first-order valence-electron chi connectivity index (χ1n) is 7.42. The highest BCUT2D eigenvalue weighted by Gasteiger charge is 2.10. The van der Waals surface area contributed by atoms with E-state index in [0.29, 0.717) is 0 Å². The lowest BCUT2D eigenvalue weighted by Crippen LogP contribution is -2.20. The van der Waals surface area contributed by atoms with Crippen molar-refractivity contribution in [1.82, 2.24) is 5.43 Å². The van der Waals surface area contributed by atoms with Crippen LogP contribution in [0, 0.1) is 0 Å². The molecule has 4 heteroatoms. The van der Waals surface area contributed by atoms with Crippen LogP contribution in [0.15, 0.2) is 59.7 Å². The maximum Gasteiger partial charge on any atom is 0.275 e. The minimum Gasteiger partial charge on any atom is -0.507 e. The van der Waals surface area contributed by atoms with E-state index in [0.717, 1.165) is 30.5 Å². The monoisotopic (exact) mass is 296 g/mol. The number of hydrazone groups is 1. The summed E-state index contributed by atoms with van der Waals surface area (Å²) in [5.41, 5.74) is 4.59. The number of carbonyl (C=O) groups is 1. The third kappa shape index (κ3) is 4.19. The van der Waals surface area contributed by atoms with Crippen molar-refractivity contribution in [2.45, 2.75) is 26.2 Å². The summed E-state index contributed by atoms with van der Waals surface area (Å²) >= 11 is 0. The summed E-state index contributed by atoms with van der Waals surface area (Å²) in [6.07, 6.45) is 2.85. The van der Waals surface area contributed by atoms with Gasteiger partial charge in [-0.05, 0) is 30.5 Å². The van der Waals surface area contributed by atoms with Crippen molar-refractivity contribution in [2.75, 3.05) is 0 Å². The summed E-state index contributed by atoms with van der Waals surface area (Å²) in [7, 11) is 0. The molecule has 0 saturated carbocycles. The van der Waals surface area contributed by atoms with E-state index in [4.69, 9.17) is 0 Å². The van der Waals surface area contributed by atoms with Gasteiger partial charge in [0.25, 0.3) is 5.91 Å². The number of rotatable bonds is 6. The molecule has 2 rings (SSSR count). The Balaban J connectivity index is 2.16. The molecular weight excluding hydrogens is 276 g/mol. The Morgan fingerprint density at radius 1 is 1.09 bits per heavy atom. The third-order valence-corrected chi connectivity index (χ3v) is 3.32. The second kappa shape index (κ2) is 7.98. The Labute approximate surface area is 130 Å². The van der Waals surface area contributed by atoms with Crippen LogP contribution in [0.5, 0.6) is 5.75 Å². The Morgan fingerprint density at radius 3 is 2.45 bits per heavy atom. The lowest BCUT2D eigenvalue weighted by atomic mass is 10.1. The molecule has 2 aromatic rings. The van der Waals surface area contributed by atoms with Gasteiger partial charge in [0, 0.05) is 0 Å². The number of nitrogens with zero attached hydrogens (tertiary/aromatic N) is 1. The molecule has 4 nitrogen and oxygen atoms in total. The topological polar surface area (TPSA) is 61.7 Å². The minimum atomic E-state index is -0.414. The molecule has 0 aliphatic heterocycles. The molecule has 0 bridgehead atoms. The number of aromatic hydroxyl groups is 1. The van der Waals surface area contributed by atoms with Gasteiger partial charge in [0.15, 0.2) is 0 Å². The first kappa shape index (κ1) is 15.8. The van der Waals surface area contributed by atoms with Crippen LogP contribution in [-0.2, 0) is 0 Å². The average Bonchev–Trinajstić information content (AvgIpc) is 2.56. The third-order valence-electron chi connectivity index (χ3n) is 3.32. The molecule has 1 amide bonds. The highest BCUT2D eigenvalue weighted by Crippen LogP contribution is 2.15. The van der Waals surface area contributed by atoms with E-state index in [1.54, 1.807) is 18.2 Å². The summed E-state index contributed by atoms with van der Waals surface area (Å²) in [5, 5.41) is 14.0. The van der Waals surface area contributed by atoms with E-state index in [9.17, 15) is 9.90 Å². The normalized spacial score (nSPS) is 11.2. The molecule has 2 N–H and O–H groups in total. The van der Waals surface area contributed by atoms with Gasteiger partial charge in [-0.25, -0.2) is 5.43 Å². The average molecular weight is 296 g/mol. The number of para-hydroxylation sites is 1. The SMILES string of the molecule is CCCC/C(=N\NC(=O)c1ccccc1O)c1ccccc1. The van der Waals surface area contributed by atoms with Crippen molar-refractivity contribution in [3.05, 3.63) is 65.7 Å². The Bertz CT molecular complexity index is 651. The molecule has 0 unspecified atom stereocenters. The molecule has 0 saturated heterocycles. The highest BCUT2D eigenvalue weighted by atomic mass is 16.3. The second-order valence-corrected chi connectivity index (χ2v) is 4.99. The summed E-state index contributed by atoms with van der Waals surface area (Å²) in [6, 6.07) is 16.2. The molecule has 22 heavy (non-hydrogen) atoms. The van der Waals surface area contributed by atoms with Crippen LogP contribution in [0.1, 0.15) is 42.1 Å². The van der Waals surface area contributed by atoms with Gasteiger partial charge in [-0.1, -0.05) is 55.8 Å². The predicted molar refractivity (Wildman–Crippen MR) is 88.1 cm³/mol. The van der Waals surface area contributed by atoms with Crippen molar-refractivity contribution in [3.8, 4) is 5.75 Å². The van der Waals surface area contributed by atoms with Crippen LogP contribution in [0.4, 0.5) is 0 Å². The van der Waals surface area contributed by atoms with Crippen LogP contribution in [0.3, 0.4) is 0 Å². The summed E-state index contributed by atoms with van der Waals surface area (Å²) < 4.78 is 0. The molecule has 0 radical (unpaired) electrons. The molecular formula is C18H20N2O2. The summed E-state index contributed by atoms with van der Waals surface area (Å²) in [6.45, 7) is 2.11. The van der Waals surface area contributed by atoms with Crippen LogP contribution < -0.4 is 5.43 Å².